The zero-order chi connectivity index (χ0) is 19.4. The van der Waals surface area contributed by atoms with Gasteiger partial charge in [0.1, 0.15) is 0 Å². The lowest BCUT2D eigenvalue weighted by atomic mass is 9.98. The molecule has 1 saturated carbocycles. The number of hydrogen-bond acceptors (Lipinski definition) is 4. The zero-order valence-corrected chi connectivity index (χ0v) is 17.8. The van der Waals surface area contributed by atoms with Crippen LogP contribution in [0.25, 0.3) is 0 Å². The number of sulfonamides is 1. The van der Waals surface area contributed by atoms with E-state index in [1.54, 1.807) is 4.31 Å². The van der Waals surface area contributed by atoms with Crippen molar-refractivity contribution in [3.05, 3.63) is 29.8 Å². The van der Waals surface area contributed by atoms with Crippen molar-refractivity contribution >= 4 is 27.7 Å². The Morgan fingerprint density at radius 2 is 1.78 bits per heavy atom. The summed E-state index contributed by atoms with van der Waals surface area (Å²) < 4.78 is 26.2. The van der Waals surface area contributed by atoms with Crippen LogP contribution in [0.15, 0.2) is 29.2 Å². The van der Waals surface area contributed by atoms with Crippen LogP contribution in [-0.4, -0.2) is 48.8 Å². The van der Waals surface area contributed by atoms with E-state index in [0.717, 1.165) is 31.2 Å². The number of thioether (sulfide) groups is 1. The molecule has 1 amide bonds. The maximum atomic E-state index is 12.3. The standard InChI is InChI=1S/C20H30N2O3S2/c1-15(2)26-18-5-3-16(4-6-18)13-20(23)21-14-17-9-11-22(12-10-17)27(24,25)19-7-8-19/h3-6,15,17,19H,7-14H2,1-2H3,(H,21,23). The van der Waals surface area contributed by atoms with Gasteiger partial charge >= 0.3 is 0 Å². The maximum Gasteiger partial charge on any atom is 0.224 e. The van der Waals surface area contributed by atoms with E-state index in [1.165, 1.54) is 4.90 Å². The number of nitrogens with zero attached hydrogens (tertiary/aromatic N) is 1. The van der Waals surface area contributed by atoms with Crippen molar-refractivity contribution in [1.29, 1.82) is 0 Å². The molecule has 0 bridgehead atoms. The topological polar surface area (TPSA) is 66.5 Å². The molecular weight excluding hydrogens is 380 g/mol. The predicted molar refractivity (Wildman–Crippen MR) is 110 cm³/mol. The van der Waals surface area contributed by atoms with Gasteiger partial charge in [0, 0.05) is 29.8 Å². The first-order chi connectivity index (χ1) is 12.8. The molecule has 0 atom stereocenters. The van der Waals surface area contributed by atoms with Gasteiger partial charge in [0.05, 0.1) is 11.7 Å². The second-order valence-corrected chi connectivity index (χ2v) is 11.7. The molecule has 0 unspecified atom stereocenters. The van der Waals surface area contributed by atoms with E-state index in [9.17, 15) is 13.2 Å². The normalized spacial score (nSPS) is 19.4. The molecule has 1 saturated heterocycles. The van der Waals surface area contributed by atoms with Gasteiger partial charge in [-0.3, -0.25) is 4.79 Å². The van der Waals surface area contributed by atoms with Crippen molar-refractivity contribution in [2.75, 3.05) is 19.6 Å². The van der Waals surface area contributed by atoms with Gasteiger partial charge in [0.2, 0.25) is 15.9 Å². The maximum absolute atomic E-state index is 12.3. The highest BCUT2D eigenvalue weighted by atomic mass is 32.2. The Hall–Kier alpha value is -1.05. The minimum atomic E-state index is -3.05. The average Bonchev–Trinajstić information content (AvgIpc) is 3.47. The first kappa shape index (κ1) is 20.7. The van der Waals surface area contributed by atoms with Crippen LogP contribution in [0.3, 0.4) is 0 Å². The van der Waals surface area contributed by atoms with Gasteiger partial charge in [-0.2, -0.15) is 0 Å². The second-order valence-electron chi connectivity index (χ2n) is 7.88. The number of amides is 1. The number of nitrogens with one attached hydrogen (secondary N) is 1. The first-order valence-electron chi connectivity index (χ1n) is 9.86. The molecule has 0 aromatic heterocycles. The van der Waals surface area contributed by atoms with E-state index < -0.39 is 10.0 Å². The van der Waals surface area contributed by atoms with Crippen LogP contribution in [0.2, 0.25) is 0 Å². The van der Waals surface area contributed by atoms with E-state index in [0.29, 0.717) is 37.2 Å². The summed E-state index contributed by atoms with van der Waals surface area (Å²) in [5.41, 5.74) is 1.02. The fraction of sp³-hybridized carbons (Fsp3) is 0.650. The molecule has 1 aromatic carbocycles. The molecule has 27 heavy (non-hydrogen) atoms. The van der Waals surface area contributed by atoms with Crippen LogP contribution in [-0.2, 0) is 21.2 Å². The summed E-state index contributed by atoms with van der Waals surface area (Å²) in [7, 11) is -3.05. The summed E-state index contributed by atoms with van der Waals surface area (Å²) >= 11 is 1.82. The number of benzene rings is 1. The Labute approximate surface area is 167 Å². The molecule has 1 N–H and O–H groups in total. The third kappa shape index (κ3) is 5.96. The Balaban J connectivity index is 1.38. The molecule has 0 spiro atoms. The SMILES string of the molecule is CC(C)Sc1ccc(CC(=O)NCC2CCN(S(=O)(=O)C3CC3)CC2)cc1. The van der Waals surface area contributed by atoms with Gasteiger partial charge in [0.25, 0.3) is 0 Å². The van der Waals surface area contributed by atoms with Crippen molar-refractivity contribution in [3.63, 3.8) is 0 Å². The third-order valence-corrected chi connectivity index (χ3v) is 8.54. The molecule has 1 aliphatic heterocycles. The van der Waals surface area contributed by atoms with Gasteiger partial charge in [-0.25, -0.2) is 12.7 Å². The third-order valence-electron chi connectivity index (χ3n) is 5.13. The lowest BCUT2D eigenvalue weighted by Gasteiger charge is -2.31. The van der Waals surface area contributed by atoms with Gasteiger partial charge in [-0.05, 0) is 49.3 Å². The zero-order valence-electron chi connectivity index (χ0n) is 16.2. The molecular formula is C20H30N2O3S2. The molecule has 1 aliphatic carbocycles. The van der Waals surface area contributed by atoms with Crippen LogP contribution in [0.1, 0.15) is 45.1 Å². The second kappa shape index (κ2) is 8.97. The lowest BCUT2D eigenvalue weighted by Crippen LogP contribution is -2.42. The van der Waals surface area contributed by atoms with Crippen molar-refractivity contribution in [3.8, 4) is 0 Å². The first-order valence-corrected chi connectivity index (χ1v) is 12.2. The number of hydrogen-bond donors (Lipinski definition) is 1. The molecule has 2 aliphatic rings. The molecule has 1 heterocycles. The number of carbonyl (C=O) groups is 1. The highest BCUT2D eigenvalue weighted by molar-refractivity contribution is 7.99. The summed E-state index contributed by atoms with van der Waals surface area (Å²) in [5.74, 6) is 0.400. The Morgan fingerprint density at radius 3 is 2.33 bits per heavy atom. The summed E-state index contributed by atoms with van der Waals surface area (Å²) in [4.78, 5) is 13.4. The molecule has 5 nitrogen and oxygen atoms in total. The van der Waals surface area contributed by atoms with Crippen LogP contribution >= 0.6 is 11.8 Å². The summed E-state index contributed by atoms with van der Waals surface area (Å²) in [6, 6.07) is 8.18. The lowest BCUT2D eigenvalue weighted by molar-refractivity contribution is -0.120. The van der Waals surface area contributed by atoms with Crippen molar-refractivity contribution in [1.82, 2.24) is 9.62 Å². The average molecular weight is 411 g/mol. The van der Waals surface area contributed by atoms with E-state index in [-0.39, 0.29) is 11.2 Å². The largest absolute Gasteiger partial charge is 0.356 e. The minimum Gasteiger partial charge on any atom is -0.356 e. The van der Waals surface area contributed by atoms with Crippen LogP contribution < -0.4 is 5.32 Å². The van der Waals surface area contributed by atoms with Crippen LogP contribution in [0, 0.1) is 5.92 Å². The van der Waals surface area contributed by atoms with E-state index in [1.807, 2.05) is 23.9 Å². The van der Waals surface area contributed by atoms with Gasteiger partial charge in [0.15, 0.2) is 0 Å². The monoisotopic (exact) mass is 410 g/mol. The van der Waals surface area contributed by atoms with Gasteiger partial charge in [-0.1, -0.05) is 26.0 Å². The Morgan fingerprint density at radius 1 is 1.15 bits per heavy atom. The van der Waals surface area contributed by atoms with E-state index >= 15 is 0 Å². The summed E-state index contributed by atoms with van der Waals surface area (Å²) in [6.45, 7) is 6.15. The Kier molecular flexibility index (Phi) is 6.87. The van der Waals surface area contributed by atoms with Crippen molar-refractivity contribution in [2.45, 2.75) is 61.3 Å². The summed E-state index contributed by atoms with van der Waals surface area (Å²) in [6.07, 6.45) is 3.67. The van der Waals surface area contributed by atoms with Gasteiger partial charge in [-0.15, -0.1) is 11.8 Å². The smallest absolute Gasteiger partial charge is 0.224 e. The van der Waals surface area contributed by atoms with Crippen LogP contribution in [0.5, 0.6) is 0 Å². The summed E-state index contributed by atoms with van der Waals surface area (Å²) in [5, 5.41) is 3.44. The van der Waals surface area contributed by atoms with Gasteiger partial charge < -0.3 is 5.32 Å². The van der Waals surface area contributed by atoms with Crippen molar-refractivity contribution < 1.29 is 13.2 Å². The molecule has 3 rings (SSSR count). The highest BCUT2D eigenvalue weighted by Gasteiger charge is 2.41. The molecule has 2 fully saturated rings. The predicted octanol–water partition coefficient (Wildman–Crippen LogP) is 3.05. The van der Waals surface area contributed by atoms with E-state index in [4.69, 9.17) is 0 Å². The van der Waals surface area contributed by atoms with E-state index in [2.05, 4.69) is 31.3 Å². The molecule has 0 radical (unpaired) electrons. The quantitative estimate of drug-likeness (QED) is 0.669. The molecule has 7 heteroatoms. The molecule has 1 aromatic rings. The minimum absolute atomic E-state index is 0.0345. The Bertz CT molecular complexity index is 735. The number of piperidine rings is 1. The van der Waals surface area contributed by atoms with Crippen molar-refractivity contribution in [2.24, 2.45) is 5.92 Å². The fourth-order valence-corrected chi connectivity index (χ4v) is 6.12. The fourth-order valence-electron chi connectivity index (χ4n) is 3.41. The number of carbonyl (C=O) groups excluding carboxylic acids is 1. The molecule has 150 valence electrons. The highest BCUT2D eigenvalue weighted by Crippen LogP contribution is 2.33. The number of rotatable bonds is 8. The van der Waals surface area contributed by atoms with Crippen LogP contribution in [0.4, 0.5) is 0 Å².